The van der Waals surface area contributed by atoms with Gasteiger partial charge in [-0.05, 0) is 187 Å². The molecule has 7 aromatic rings. The standard InChI is InChI=1S/C72H78BN2S/c1-43(2)48-21-16-22-51(38-48)74-63-40-49(44(3)4)28-30-62(63)73-66-57(53-24-18-26-65-67(53)75(73)68(76-65)54-25-17-20-47-19-14-15-23-52(47)54)39-50(41-64(66)74)56(36-46-27-29-58-60(37-46)71(10,11)32-31-69(58,6)7)55-42-61-59(35-45(55)5)70(8,9)33-34-72(61,12)13/h14-30,35,37-44,56,65,67H,31-34,36H2,1-13H3/q+1. The van der Waals surface area contributed by atoms with Crippen LogP contribution in [0.25, 0.3) is 16.3 Å². The Bertz CT molecular complexity index is 3660. The minimum absolute atomic E-state index is 0.0121. The third kappa shape index (κ3) is 7.75. The van der Waals surface area contributed by atoms with E-state index in [2.05, 4.69) is 257 Å². The van der Waals surface area contributed by atoms with Crippen LogP contribution in [0.15, 0.2) is 146 Å². The lowest BCUT2D eigenvalue weighted by Gasteiger charge is -2.43. The molecule has 3 aliphatic heterocycles. The van der Waals surface area contributed by atoms with Crippen LogP contribution >= 0.6 is 11.8 Å². The van der Waals surface area contributed by atoms with Gasteiger partial charge in [-0.25, -0.2) is 0 Å². The van der Waals surface area contributed by atoms with Gasteiger partial charge in [0.05, 0.1) is 10.8 Å². The first-order valence-corrected chi connectivity index (χ1v) is 29.8. The molecule has 3 unspecified atom stereocenters. The smallest absolute Gasteiger partial charge is 0.311 e. The summed E-state index contributed by atoms with van der Waals surface area (Å²) in [5, 5.41) is 4.28. The maximum Gasteiger partial charge on any atom is 0.560 e. The van der Waals surface area contributed by atoms with Crippen LogP contribution in [-0.4, -0.2) is 27.7 Å². The molecule has 0 saturated heterocycles. The Hall–Kier alpha value is -5.84. The quantitative estimate of drug-likeness (QED) is 0.140. The van der Waals surface area contributed by atoms with Crippen LogP contribution in [0.2, 0.25) is 0 Å². The lowest BCUT2D eigenvalue weighted by atomic mass is 9.43. The molecule has 76 heavy (non-hydrogen) atoms. The number of anilines is 3. The molecule has 2 nitrogen and oxygen atoms in total. The van der Waals surface area contributed by atoms with Crippen molar-refractivity contribution >= 4 is 68.0 Å². The molecule has 3 heterocycles. The van der Waals surface area contributed by atoms with Crippen LogP contribution < -0.4 is 15.8 Å². The van der Waals surface area contributed by atoms with Crippen molar-refractivity contribution in [3.63, 3.8) is 0 Å². The molecular formula is C72H78BN2S+. The van der Waals surface area contributed by atoms with Crippen molar-refractivity contribution in [2.75, 3.05) is 4.90 Å². The van der Waals surface area contributed by atoms with Crippen LogP contribution in [0, 0.1) is 6.92 Å². The summed E-state index contributed by atoms with van der Waals surface area (Å²) in [6.07, 6.45) is 13.1. The summed E-state index contributed by atoms with van der Waals surface area (Å²) in [6, 6.07) is 51.6. The fourth-order valence-corrected chi connectivity index (χ4v) is 16.3. The highest BCUT2D eigenvalue weighted by Crippen LogP contribution is 2.53. The zero-order chi connectivity index (χ0) is 53.0. The van der Waals surface area contributed by atoms with Crippen LogP contribution in [0.1, 0.15) is 193 Å². The lowest BCUT2D eigenvalue weighted by molar-refractivity contribution is -0.406. The monoisotopic (exact) mass is 1010 g/mol. The first-order valence-electron chi connectivity index (χ1n) is 28.9. The molecule has 0 bridgehead atoms. The fraction of sp³-hybridized carbons (Fsp3) is 0.375. The Kier molecular flexibility index (Phi) is 11.5. The SMILES string of the molecule is Cc1cc2c(cc1C(Cc1ccc3c(c1)C(C)(C)CCC3(C)C)c1cc3c4c(c1)N(c1cccc(C(C)C)c1)c1cc(C(C)C)ccc1B4[N+]1=C(c4cccc5ccccc45)SC4C=CC=C3C41)C(C)(C)CCC2(C)C. The zero-order valence-electron chi connectivity index (χ0n) is 47.7. The van der Waals surface area contributed by atoms with E-state index in [0.29, 0.717) is 11.8 Å². The molecule has 4 heteroatoms. The second-order valence-electron chi connectivity index (χ2n) is 27.2. The van der Waals surface area contributed by atoms with Crippen molar-refractivity contribution in [3.05, 3.63) is 212 Å². The molecule has 3 atom stereocenters. The summed E-state index contributed by atoms with van der Waals surface area (Å²) in [7, 11) is 0. The first kappa shape index (κ1) is 49.7. The third-order valence-corrected chi connectivity index (χ3v) is 21.1. The van der Waals surface area contributed by atoms with E-state index in [1.54, 1.807) is 16.7 Å². The second-order valence-corrected chi connectivity index (χ2v) is 28.3. The van der Waals surface area contributed by atoms with Crippen molar-refractivity contribution in [1.82, 2.24) is 0 Å². The lowest BCUT2D eigenvalue weighted by Crippen LogP contribution is -2.64. The van der Waals surface area contributed by atoms with Gasteiger partial charge in [-0.3, -0.25) is 4.49 Å². The molecule has 0 aromatic heterocycles. The second kappa shape index (κ2) is 17.6. The number of allylic oxidation sites excluding steroid dienone is 2. The fourth-order valence-electron chi connectivity index (χ4n) is 14.8. The molecule has 384 valence electrons. The minimum atomic E-state index is 0.0121. The number of hydrogen-bond donors (Lipinski definition) is 0. The van der Waals surface area contributed by atoms with Crippen LogP contribution in [-0.2, 0) is 28.1 Å². The van der Waals surface area contributed by atoms with E-state index in [1.165, 1.54) is 125 Å². The molecular weight excluding hydrogens is 936 g/mol. The number of thioether (sulfide) groups is 1. The summed E-state index contributed by atoms with van der Waals surface area (Å²) >= 11 is 2.08. The van der Waals surface area contributed by atoms with Crippen LogP contribution in [0.4, 0.5) is 17.1 Å². The van der Waals surface area contributed by atoms with Gasteiger partial charge in [0.2, 0.25) is 5.04 Å². The van der Waals surface area contributed by atoms with Gasteiger partial charge in [-0.1, -0.05) is 198 Å². The normalized spacial score (nSPS) is 21.3. The van der Waals surface area contributed by atoms with Crippen molar-refractivity contribution in [2.24, 2.45) is 0 Å². The topological polar surface area (TPSA) is 6.25 Å². The van der Waals surface area contributed by atoms with E-state index in [-0.39, 0.29) is 45.7 Å². The average Bonchev–Trinajstić information content (AvgIpc) is 3.90. The third-order valence-electron chi connectivity index (χ3n) is 19.7. The maximum atomic E-state index is 2.89. The summed E-state index contributed by atoms with van der Waals surface area (Å²) in [5.41, 5.74) is 26.0. The summed E-state index contributed by atoms with van der Waals surface area (Å²) in [6.45, 7) is 31.7. The van der Waals surface area contributed by atoms with Crippen LogP contribution in [0.5, 0.6) is 0 Å². The summed E-state index contributed by atoms with van der Waals surface area (Å²) < 4.78 is 2.89. The minimum Gasteiger partial charge on any atom is -0.311 e. The summed E-state index contributed by atoms with van der Waals surface area (Å²) in [5.74, 6) is 0.887. The molecule has 13 rings (SSSR count). The highest BCUT2D eigenvalue weighted by molar-refractivity contribution is 8.15. The van der Waals surface area contributed by atoms with Crippen LogP contribution in [0.3, 0.4) is 0 Å². The van der Waals surface area contributed by atoms with Gasteiger partial charge < -0.3 is 4.90 Å². The van der Waals surface area contributed by atoms with E-state index in [1.807, 2.05) is 0 Å². The average molecular weight is 1010 g/mol. The number of benzene rings is 7. The van der Waals surface area contributed by atoms with E-state index >= 15 is 0 Å². The van der Waals surface area contributed by atoms with Gasteiger partial charge >= 0.3 is 6.85 Å². The predicted molar refractivity (Wildman–Crippen MR) is 329 cm³/mol. The molecule has 0 radical (unpaired) electrons. The van der Waals surface area contributed by atoms with E-state index in [9.17, 15) is 0 Å². The van der Waals surface area contributed by atoms with Crippen molar-refractivity contribution in [1.29, 1.82) is 0 Å². The van der Waals surface area contributed by atoms with Gasteiger partial charge in [-0.15, -0.1) is 0 Å². The first-order chi connectivity index (χ1) is 36.2. The van der Waals surface area contributed by atoms with Crippen molar-refractivity contribution < 1.29 is 4.49 Å². The molecule has 3 aliphatic carbocycles. The molecule has 7 aromatic carbocycles. The van der Waals surface area contributed by atoms with Gasteiger partial charge in [-0.2, -0.15) is 0 Å². The number of hydrogen-bond acceptors (Lipinski definition) is 2. The Labute approximate surface area is 459 Å². The largest absolute Gasteiger partial charge is 0.560 e. The predicted octanol–water partition coefficient (Wildman–Crippen LogP) is 17.3. The number of rotatable bonds is 8. The van der Waals surface area contributed by atoms with Crippen molar-refractivity contribution in [3.8, 4) is 0 Å². The Morgan fingerprint density at radius 2 is 1.25 bits per heavy atom. The van der Waals surface area contributed by atoms with Gasteiger partial charge in [0, 0.05) is 39.5 Å². The van der Waals surface area contributed by atoms with E-state index in [0.717, 1.165) is 6.42 Å². The van der Waals surface area contributed by atoms with Gasteiger partial charge in [0.15, 0.2) is 6.04 Å². The summed E-state index contributed by atoms with van der Waals surface area (Å²) in [4.78, 5) is 2.70. The molecule has 0 saturated carbocycles. The maximum absolute atomic E-state index is 2.89. The van der Waals surface area contributed by atoms with E-state index < -0.39 is 0 Å². The Balaban J connectivity index is 1.12. The highest BCUT2D eigenvalue weighted by atomic mass is 32.2. The van der Waals surface area contributed by atoms with Gasteiger partial charge in [0.25, 0.3) is 0 Å². The number of nitrogens with zero attached hydrogens (tertiary/aromatic N) is 2. The van der Waals surface area contributed by atoms with Gasteiger partial charge in [0.1, 0.15) is 0 Å². The highest BCUT2D eigenvalue weighted by Gasteiger charge is 2.60. The molecule has 0 fully saturated rings. The zero-order valence-corrected chi connectivity index (χ0v) is 48.5. The number of aryl methyl sites for hydroxylation is 1. The Morgan fingerprint density at radius 3 is 1.99 bits per heavy atom. The van der Waals surface area contributed by atoms with E-state index in [4.69, 9.17) is 0 Å². The van der Waals surface area contributed by atoms with Crippen molar-refractivity contribution in [2.45, 2.75) is 173 Å². The number of fused-ring (bicyclic) bond motifs is 7. The molecule has 0 N–H and O–H groups in total. The molecule has 0 amide bonds. The Morgan fingerprint density at radius 1 is 0.605 bits per heavy atom. The molecule has 0 spiro atoms. The molecule has 6 aliphatic rings.